The molecule has 0 N–H and O–H groups in total. The van der Waals surface area contributed by atoms with Gasteiger partial charge in [0.25, 0.3) is 0 Å². The molecule has 9 aromatic rings. The Kier molecular flexibility index (Phi) is 6.29. The van der Waals surface area contributed by atoms with Crippen LogP contribution in [0.4, 0.5) is 17.1 Å². The van der Waals surface area contributed by atoms with Crippen molar-refractivity contribution >= 4 is 60.2 Å². The molecule has 236 valence electrons. The molecule has 1 aliphatic rings. The molecule has 0 spiro atoms. The molecule has 0 heterocycles. The second-order valence-electron chi connectivity index (χ2n) is 14.2. The Morgan fingerprint density at radius 2 is 0.980 bits per heavy atom. The van der Waals surface area contributed by atoms with Crippen LogP contribution in [0.25, 0.3) is 65.3 Å². The van der Waals surface area contributed by atoms with E-state index in [1.165, 1.54) is 82.2 Å². The van der Waals surface area contributed by atoms with Crippen molar-refractivity contribution in [2.45, 2.75) is 19.3 Å². The third-order valence-electron chi connectivity index (χ3n) is 11.0. The van der Waals surface area contributed by atoms with E-state index in [1.807, 2.05) is 0 Å². The molecule has 1 nitrogen and oxygen atoms in total. The zero-order valence-electron chi connectivity index (χ0n) is 28.2. The summed E-state index contributed by atoms with van der Waals surface area (Å²) >= 11 is 0. The van der Waals surface area contributed by atoms with Gasteiger partial charge in [0.1, 0.15) is 0 Å². The van der Waals surface area contributed by atoms with E-state index in [9.17, 15) is 0 Å². The molecule has 0 saturated heterocycles. The van der Waals surface area contributed by atoms with Crippen LogP contribution in [-0.2, 0) is 5.41 Å². The van der Waals surface area contributed by atoms with Crippen molar-refractivity contribution in [3.05, 3.63) is 187 Å². The fourth-order valence-corrected chi connectivity index (χ4v) is 8.48. The molecule has 0 radical (unpaired) electrons. The van der Waals surface area contributed by atoms with Gasteiger partial charge in [-0.15, -0.1) is 0 Å². The van der Waals surface area contributed by atoms with Crippen LogP contribution in [-0.4, -0.2) is 0 Å². The number of benzene rings is 9. The first-order chi connectivity index (χ1) is 24.5. The first-order valence-corrected chi connectivity index (χ1v) is 17.5. The standard InChI is InChI=1S/C49H35N/c1-49(2)45-15-8-7-14-44(45)48-46(49)16-9-17-47(48)50(38-24-20-33(21-25-38)36-19-18-32-10-3-4-12-35(32)30-36)39-26-29-41-37(31-39)23-28-42-40-13-6-5-11-34(40)22-27-43(41)42/h3-31H,1-2H3. The van der Waals surface area contributed by atoms with Crippen LogP contribution in [0, 0.1) is 0 Å². The summed E-state index contributed by atoms with van der Waals surface area (Å²) in [7, 11) is 0. The maximum atomic E-state index is 2.46. The molecule has 0 bridgehead atoms. The molecule has 0 unspecified atom stereocenters. The van der Waals surface area contributed by atoms with E-state index in [2.05, 4.69) is 195 Å². The maximum absolute atomic E-state index is 2.46. The van der Waals surface area contributed by atoms with Gasteiger partial charge in [0.15, 0.2) is 0 Å². The molecule has 0 aromatic heterocycles. The SMILES string of the molecule is CC1(C)c2ccccc2-c2c(N(c3ccc(-c4ccc5ccccc5c4)cc3)c3ccc4c(ccc5c6ccccc6ccc45)c3)cccc21. The van der Waals surface area contributed by atoms with Crippen molar-refractivity contribution in [2.75, 3.05) is 4.90 Å². The molecule has 10 rings (SSSR count). The van der Waals surface area contributed by atoms with Crippen molar-refractivity contribution in [1.82, 2.24) is 0 Å². The minimum atomic E-state index is -0.0847. The van der Waals surface area contributed by atoms with E-state index < -0.39 is 0 Å². The molecule has 0 atom stereocenters. The number of rotatable bonds is 4. The first-order valence-electron chi connectivity index (χ1n) is 17.5. The van der Waals surface area contributed by atoms with E-state index in [0.717, 1.165) is 11.4 Å². The van der Waals surface area contributed by atoms with Gasteiger partial charge in [-0.3, -0.25) is 0 Å². The fraction of sp³-hybridized carbons (Fsp3) is 0.0612. The Balaban J connectivity index is 1.17. The molecule has 1 aliphatic carbocycles. The molecule has 9 aromatic carbocycles. The van der Waals surface area contributed by atoms with Gasteiger partial charge in [-0.25, -0.2) is 0 Å². The van der Waals surface area contributed by atoms with Gasteiger partial charge in [-0.05, 0) is 107 Å². The first kappa shape index (κ1) is 28.8. The Bertz CT molecular complexity index is 2790. The summed E-state index contributed by atoms with van der Waals surface area (Å²) in [6, 6.07) is 65.0. The van der Waals surface area contributed by atoms with Crippen molar-refractivity contribution in [3.63, 3.8) is 0 Å². The highest BCUT2D eigenvalue weighted by atomic mass is 15.1. The summed E-state index contributed by atoms with van der Waals surface area (Å²) in [4.78, 5) is 2.46. The topological polar surface area (TPSA) is 3.24 Å². The highest BCUT2D eigenvalue weighted by Crippen LogP contribution is 2.54. The summed E-state index contributed by atoms with van der Waals surface area (Å²) in [6.07, 6.45) is 0. The van der Waals surface area contributed by atoms with Gasteiger partial charge < -0.3 is 4.90 Å². The normalized spacial score (nSPS) is 13.2. The molecule has 0 amide bonds. The van der Waals surface area contributed by atoms with Crippen molar-refractivity contribution in [3.8, 4) is 22.3 Å². The van der Waals surface area contributed by atoms with Crippen LogP contribution >= 0.6 is 0 Å². The number of hydrogen-bond acceptors (Lipinski definition) is 1. The maximum Gasteiger partial charge on any atom is 0.0543 e. The Hall–Kier alpha value is -6.18. The van der Waals surface area contributed by atoms with Crippen molar-refractivity contribution < 1.29 is 0 Å². The molecule has 1 heteroatoms. The lowest BCUT2D eigenvalue weighted by Gasteiger charge is -2.29. The monoisotopic (exact) mass is 637 g/mol. The summed E-state index contributed by atoms with van der Waals surface area (Å²) in [5, 5.41) is 10.2. The third-order valence-corrected chi connectivity index (χ3v) is 11.0. The number of anilines is 3. The largest absolute Gasteiger partial charge is 0.310 e. The number of hydrogen-bond donors (Lipinski definition) is 0. The number of fused-ring (bicyclic) bond motifs is 9. The van der Waals surface area contributed by atoms with Crippen molar-refractivity contribution in [1.29, 1.82) is 0 Å². The van der Waals surface area contributed by atoms with E-state index in [4.69, 9.17) is 0 Å². The van der Waals surface area contributed by atoms with Crippen LogP contribution < -0.4 is 4.90 Å². The average molecular weight is 638 g/mol. The van der Waals surface area contributed by atoms with E-state index >= 15 is 0 Å². The Labute approximate surface area is 292 Å². The minimum absolute atomic E-state index is 0.0847. The smallest absolute Gasteiger partial charge is 0.0543 e. The van der Waals surface area contributed by atoms with Gasteiger partial charge in [0, 0.05) is 22.4 Å². The van der Waals surface area contributed by atoms with E-state index in [1.54, 1.807) is 0 Å². The second-order valence-corrected chi connectivity index (χ2v) is 14.2. The van der Waals surface area contributed by atoms with E-state index in [0.29, 0.717) is 0 Å². The predicted molar refractivity (Wildman–Crippen MR) is 214 cm³/mol. The van der Waals surface area contributed by atoms with Crippen LogP contribution in [0.3, 0.4) is 0 Å². The molecule has 0 fully saturated rings. The summed E-state index contributed by atoms with van der Waals surface area (Å²) in [6.45, 7) is 4.71. The quantitative estimate of drug-likeness (QED) is 0.174. The van der Waals surface area contributed by atoms with Gasteiger partial charge in [-0.1, -0.05) is 153 Å². The molecule has 0 aliphatic heterocycles. The number of nitrogens with zero attached hydrogens (tertiary/aromatic N) is 1. The highest BCUT2D eigenvalue weighted by molar-refractivity contribution is 6.17. The molecular formula is C49H35N. The van der Waals surface area contributed by atoms with Gasteiger partial charge in [0.05, 0.1) is 5.69 Å². The second kappa shape index (κ2) is 10.9. The minimum Gasteiger partial charge on any atom is -0.310 e. The van der Waals surface area contributed by atoms with Crippen LogP contribution in [0.1, 0.15) is 25.0 Å². The molecule has 50 heavy (non-hydrogen) atoms. The van der Waals surface area contributed by atoms with Crippen LogP contribution in [0.15, 0.2) is 176 Å². The Morgan fingerprint density at radius 1 is 0.380 bits per heavy atom. The lowest BCUT2D eigenvalue weighted by Crippen LogP contribution is -2.16. The average Bonchev–Trinajstić information content (AvgIpc) is 3.41. The predicted octanol–water partition coefficient (Wildman–Crippen LogP) is 13.7. The summed E-state index contributed by atoms with van der Waals surface area (Å²) in [5.74, 6) is 0. The third kappa shape index (κ3) is 4.33. The summed E-state index contributed by atoms with van der Waals surface area (Å²) in [5.41, 5.74) is 11.2. The fourth-order valence-electron chi connectivity index (χ4n) is 8.48. The van der Waals surface area contributed by atoms with Gasteiger partial charge in [-0.2, -0.15) is 0 Å². The lowest BCUT2D eigenvalue weighted by atomic mass is 9.82. The molecule has 0 saturated carbocycles. The lowest BCUT2D eigenvalue weighted by molar-refractivity contribution is 0.660. The highest BCUT2D eigenvalue weighted by Gasteiger charge is 2.37. The van der Waals surface area contributed by atoms with Crippen LogP contribution in [0.5, 0.6) is 0 Å². The van der Waals surface area contributed by atoms with Gasteiger partial charge in [0.2, 0.25) is 0 Å². The molecular weight excluding hydrogens is 603 g/mol. The zero-order chi connectivity index (χ0) is 33.4. The Morgan fingerprint density at radius 3 is 1.82 bits per heavy atom. The van der Waals surface area contributed by atoms with Crippen molar-refractivity contribution in [2.24, 2.45) is 0 Å². The van der Waals surface area contributed by atoms with E-state index in [-0.39, 0.29) is 5.41 Å². The van der Waals surface area contributed by atoms with Gasteiger partial charge >= 0.3 is 0 Å². The zero-order valence-corrected chi connectivity index (χ0v) is 28.2. The summed E-state index contributed by atoms with van der Waals surface area (Å²) < 4.78 is 0. The van der Waals surface area contributed by atoms with Crippen LogP contribution in [0.2, 0.25) is 0 Å².